The fraction of sp³-hybridized carbons (Fsp3) is 0.533. The van der Waals surface area contributed by atoms with E-state index in [-0.39, 0.29) is 5.91 Å². The Labute approximate surface area is 113 Å². The van der Waals surface area contributed by atoms with E-state index in [1.807, 2.05) is 18.2 Å². The van der Waals surface area contributed by atoms with Gasteiger partial charge in [0, 0.05) is 23.0 Å². The lowest BCUT2D eigenvalue weighted by Crippen LogP contribution is -2.38. The summed E-state index contributed by atoms with van der Waals surface area (Å²) in [6.07, 6.45) is 6.52. The molecular formula is C15H18ClNO. The topological polar surface area (TPSA) is 29.1 Å². The Balaban J connectivity index is 1.98. The first-order valence-electron chi connectivity index (χ1n) is 6.84. The first-order chi connectivity index (χ1) is 8.77. The summed E-state index contributed by atoms with van der Waals surface area (Å²) in [7, 11) is 0. The fourth-order valence-corrected chi connectivity index (χ4v) is 3.77. The fourth-order valence-electron chi connectivity index (χ4n) is 3.45. The van der Waals surface area contributed by atoms with Gasteiger partial charge in [-0.25, -0.2) is 0 Å². The quantitative estimate of drug-likeness (QED) is 0.822. The van der Waals surface area contributed by atoms with Gasteiger partial charge in [-0.15, -0.1) is 0 Å². The van der Waals surface area contributed by atoms with Crippen molar-refractivity contribution in [2.45, 2.75) is 38.0 Å². The van der Waals surface area contributed by atoms with Crippen LogP contribution in [0.2, 0.25) is 5.02 Å². The molecule has 0 radical (unpaired) electrons. The molecule has 1 saturated carbocycles. The summed E-state index contributed by atoms with van der Waals surface area (Å²) < 4.78 is 0. The molecule has 1 unspecified atom stereocenters. The highest BCUT2D eigenvalue weighted by Gasteiger charge is 2.33. The highest BCUT2D eigenvalue weighted by Crippen LogP contribution is 2.41. The number of carbonyl (C=O) groups is 1. The minimum absolute atomic E-state index is 0.0274. The van der Waals surface area contributed by atoms with Crippen LogP contribution in [-0.4, -0.2) is 12.5 Å². The van der Waals surface area contributed by atoms with Crippen LogP contribution in [0.15, 0.2) is 18.2 Å². The standard InChI is InChI=1S/C15H18ClNO/c16-13-8-4-7-11-14(13)12(9-17-15(11)18)10-5-2-1-3-6-10/h4,7-8,10,12H,1-3,5-6,9H2,(H,17,18). The summed E-state index contributed by atoms with van der Waals surface area (Å²) in [5, 5.41) is 3.78. The molecule has 1 fully saturated rings. The van der Waals surface area contributed by atoms with Gasteiger partial charge in [0.25, 0.3) is 5.91 Å². The predicted octanol–water partition coefficient (Wildman–Crippen LogP) is 3.75. The second-order valence-electron chi connectivity index (χ2n) is 5.42. The Kier molecular flexibility index (Phi) is 3.29. The van der Waals surface area contributed by atoms with Crippen molar-refractivity contribution in [2.24, 2.45) is 5.92 Å². The van der Waals surface area contributed by atoms with Crippen LogP contribution in [0.4, 0.5) is 0 Å². The lowest BCUT2D eigenvalue weighted by atomic mass is 9.74. The van der Waals surface area contributed by atoms with Crippen molar-refractivity contribution >= 4 is 17.5 Å². The number of hydrogen-bond acceptors (Lipinski definition) is 1. The monoisotopic (exact) mass is 263 g/mol. The zero-order valence-corrected chi connectivity index (χ0v) is 11.2. The molecule has 96 valence electrons. The molecule has 1 aliphatic heterocycles. The molecular weight excluding hydrogens is 246 g/mol. The summed E-state index contributed by atoms with van der Waals surface area (Å²) in [4.78, 5) is 11.9. The van der Waals surface area contributed by atoms with Crippen LogP contribution >= 0.6 is 11.6 Å². The number of hydrogen-bond donors (Lipinski definition) is 1. The normalized spacial score (nSPS) is 24.5. The summed E-state index contributed by atoms with van der Waals surface area (Å²) in [5.74, 6) is 1.12. The molecule has 0 spiro atoms. The van der Waals surface area contributed by atoms with Crippen molar-refractivity contribution in [3.05, 3.63) is 34.3 Å². The van der Waals surface area contributed by atoms with E-state index in [4.69, 9.17) is 11.6 Å². The van der Waals surface area contributed by atoms with Crippen molar-refractivity contribution in [3.8, 4) is 0 Å². The molecule has 0 bridgehead atoms. The maximum Gasteiger partial charge on any atom is 0.251 e. The Morgan fingerprint density at radius 1 is 1.17 bits per heavy atom. The molecule has 1 amide bonds. The number of nitrogens with one attached hydrogen (secondary N) is 1. The van der Waals surface area contributed by atoms with E-state index in [2.05, 4.69) is 5.32 Å². The third-order valence-corrected chi connectivity index (χ3v) is 4.70. The summed E-state index contributed by atoms with van der Waals surface area (Å²) >= 11 is 6.34. The van der Waals surface area contributed by atoms with Crippen molar-refractivity contribution in [2.75, 3.05) is 6.54 Å². The van der Waals surface area contributed by atoms with Gasteiger partial charge in [-0.1, -0.05) is 36.9 Å². The van der Waals surface area contributed by atoms with Gasteiger partial charge >= 0.3 is 0 Å². The lowest BCUT2D eigenvalue weighted by Gasteiger charge is -2.35. The maximum atomic E-state index is 11.9. The van der Waals surface area contributed by atoms with Crippen LogP contribution in [0, 0.1) is 5.92 Å². The number of rotatable bonds is 1. The van der Waals surface area contributed by atoms with Crippen LogP contribution in [0.1, 0.15) is 53.9 Å². The van der Waals surface area contributed by atoms with E-state index in [0.717, 1.165) is 22.7 Å². The Morgan fingerprint density at radius 3 is 2.72 bits per heavy atom. The van der Waals surface area contributed by atoms with Gasteiger partial charge in [-0.3, -0.25) is 4.79 Å². The smallest absolute Gasteiger partial charge is 0.251 e. The molecule has 3 rings (SSSR count). The third kappa shape index (κ3) is 2.03. The van der Waals surface area contributed by atoms with Crippen LogP contribution in [0.25, 0.3) is 0 Å². The first kappa shape index (κ1) is 12.0. The predicted molar refractivity (Wildman–Crippen MR) is 73.1 cm³/mol. The molecule has 1 aromatic rings. The second-order valence-corrected chi connectivity index (χ2v) is 5.82. The lowest BCUT2D eigenvalue weighted by molar-refractivity contribution is 0.0931. The van der Waals surface area contributed by atoms with Gasteiger partial charge in [0.15, 0.2) is 0 Å². The number of benzene rings is 1. The van der Waals surface area contributed by atoms with Gasteiger partial charge in [-0.05, 0) is 36.5 Å². The zero-order chi connectivity index (χ0) is 12.5. The summed E-state index contributed by atoms with van der Waals surface area (Å²) in [6.45, 7) is 0.750. The average Bonchev–Trinajstić information content (AvgIpc) is 2.41. The first-order valence-corrected chi connectivity index (χ1v) is 7.22. The van der Waals surface area contributed by atoms with Crippen LogP contribution in [0.3, 0.4) is 0 Å². The molecule has 2 aliphatic rings. The van der Waals surface area contributed by atoms with Crippen molar-refractivity contribution in [3.63, 3.8) is 0 Å². The number of fused-ring (bicyclic) bond motifs is 1. The molecule has 1 aromatic carbocycles. The zero-order valence-electron chi connectivity index (χ0n) is 10.4. The number of halogens is 1. The Hall–Kier alpha value is -1.02. The average molecular weight is 264 g/mol. The van der Waals surface area contributed by atoms with E-state index in [1.165, 1.54) is 32.1 Å². The molecule has 1 aliphatic carbocycles. The van der Waals surface area contributed by atoms with Crippen LogP contribution in [0.5, 0.6) is 0 Å². The summed E-state index contributed by atoms with van der Waals surface area (Å²) in [6, 6.07) is 5.67. The SMILES string of the molecule is O=C1NCC(C2CCCCC2)c2c(Cl)cccc21. The third-order valence-electron chi connectivity index (χ3n) is 4.37. The molecule has 1 heterocycles. The molecule has 2 nitrogen and oxygen atoms in total. The molecule has 18 heavy (non-hydrogen) atoms. The van der Waals surface area contributed by atoms with E-state index < -0.39 is 0 Å². The Bertz CT molecular complexity index is 466. The molecule has 3 heteroatoms. The largest absolute Gasteiger partial charge is 0.351 e. The number of amides is 1. The minimum atomic E-state index is 0.0274. The molecule has 1 atom stereocenters. The molecule has 1 N–H and O–H groups in total. The van der Waals surface area contributed by atoms with Crippen LogP contribution < -0.4 is 5.32 Å². The van der Waals surface area contributed by atoms with Crippen molar-refractivity contribution in [1.82, 2.24) is 5.32 Å². The molecule has 0 saturated heterocycles. The second kappa shape index (κ2) is 4.93. The van der Waals surface area contributed by atoms with Gasteiger partial charge in [-0.2, -0.15) is 0 Å². The minimum Gasteiger partial charge on any atom is -0.351 e. The van der Waals surface area contributed by atoms with Crippen molar-refractivity contribution < 1.29 is 4.79 Å². The van der Waals surface area contributed by atoms with Gasteiger partial charge in [0.1, 0.15) is 0 Å². The van der Waals surface area contributed by atoms with E-state index in [1.54, 1.807) is 0 Å². The molecule has 0 aromatic heterocycles. The van der Waals surface area contributed by atoms with E-state index in [9.17, 15) is 4.79 Å². The highest BCUT2D eigenvalue weighted by atomic mass is 35.5. The van der Waals surface area contributed by atoms with Gasteiger partial charge in [0.2, 0.25) is 0 Å². The summed E-state index contributed by atoms with van der Waals surface area (Å²) in [5.41, 5.74) is 1.87. The van der Waals surface area contributed by atoms with E-state index in [0.29, 0.717) is 11.8 Å². The van der Waals surface area contributed by atoms with Gasteiger partial charge in [0.05, 0.1) is 0 Å². The van der Waals surface area contributed by atoms with Crippen LogP contribution in [-0.2, 0) is 0 Å². The van der Waals surface area contributed by atoms with Gasteiger partial charge < -0.3 is 5.32 Å². The Morgan fingerprint density at radius 2 is 1.94 bits per heavy atom. The highest BCUT2D eigenvalue weighted by molar-refractivity contribution is 6.32. The number of carbonyl (C=O) groups excluding carboxylic acids is 1. The van der Waals surface area contributed by atoms with E-state index >= 15 is 0 Å². The van der Waals surface area contributed by atoms with Crippen molar-refractivity contribution in [1.29, 1.82) is 0 Å². The maximum absolute atomic E-state index is 11.9.